The maximum atomic E-state index is 9.91. The topological polar surface area (TPSA) is 86.7 Å². The molecule has 1 N–H and O–H groups in total. The van der Waals surface area contributed by atoms with E-state index in [0.717, 1.165) is 12.8 Å². The summed E-state index contributed by atoms with van der Waals surface area (Å²) in [6, 6.07) is 0. The van der Waals surface area contributed by atoms with Crippen LogP contribution in [-0.4, -0.2) is 26.4 Å². The standard InChI is InChI=1S/C8H18O3S.C3H6O2.Na/c1-2-3-4-5-6-7-8-11-12(9)10;1-2-3(4)5;/h2-8H2,1H3,(H,9,10);2H2,1H3,(H,4,5);/q;;+1/p-1. The van der Waals surface area contributed by atoms with E-state index < -0.39 is 17.3 Å². The van der Waals surface area contributed by atoms with E-state index in [1.54, 1.807) is 6.92 Å². The predicted octanol–water partition coefficient (Wildman–Crippen LogP) is -0.357. The molecule has 0 aliphatic rings. The molecule has 0 aromatic heterocycles. The number of unbranched alkanes of at least 4 members (excludes halogenated alkanes) is 5. The summed E-state index contributed by atoms with van der Waals surface area (Å²) in [6.07, 6.45) is 7.07. The van der Waals surface area contributed by atoms with Gasteiger partial charge in [-0.1, -0.05) is 46.0 Å². The number of carboxylic acid groups (broad SMARTS) is 1. The summed E-state index contributed by atoms with van der Waals surface area (Å²) in [4.78, 5) is 9.37. The van der Waals surface area contributed by atoms with Crippen LogP contribution in [0.4, 0.5) is 0 Å². The Hall–Kier alpha value is 0.540. The Morgan fingerprint density at radius 2 is 1.61 bits per heavy atom. The van der Waals surface area contributed by atoms with Gasteiger partial charge >= 0.3 is 35.5 Å². The minimum atomic E-state index is -2.32. The molecule has 0 radical (unpaired) electrons. The number of carbonyl (C=O) groups is 1. The second kappa shape index (κ2) is 19.9. The molecule has 5 nitrogen and oxygen atoms in total. The molecule has 0 rings (SSSR count). The summed E-state index contributed by atoms with van der Waals surface area (Å²) < 4.78 is 24.2. The predicted molar refractivity (Wildman–Crippen MR) is 66.2 cm³/mol. The molecule has 0 heterocycles. The normalized spacial score (nSPS) is 10.8. The van der Waals surface area contributed by atoms with Crippen molar-refractivity contribution in [2.45, 2.75) is 58.8 Å². The van der Waals surface area contributed by atoms with Crippen molar-refractivity contribution in [1.29, 1.82) is 0 Å². The van der Waals surface area contributed by atoms with Gasteiger partial charge in [-0.15, -0.1) is 0 Å². The summed E-state index contributed by atoms with van der Waals surface area (Å²) in [7, 11) is 0. The fourth-order valence-electron chi connectivity index (χ4n) is 1.01. The number of hydrogen-bond donors (Lipinski definition) is 1. The van der Waals surface area contributed by atoms with Crippen molar-refractivity contribution in [3.63, 3.8) is 0 Å². The van der Waals surface area contributed by atoms with E-state index in [0.29, 0.717) is 6.61 Å². The van der Waals surface area contributed by atoms with E-state index in [1.165, 1.54) is 25.7 Å². The first-order valence-corrected chi connectivity index (χ1v) is 6.98. The molecule has 0 aliphatic carbocycles. The van der Waals surface area contributed by atoms with E-state index in [2.05, 4.69) is 11.1 Å². The summed E-state index contributed by atoms with van der Waals surface area (Å²) >= 11 is -2.32. The molecule has 0 fully saturated rings. The summed E-state index contributed by atoms with van der Waals surface area (Å²) in [5, 5.41) is 7.72. The summed E-state index contributed by atoms with van der Waals surface area (Å²) in [5.41, 5.74) is 0. The number of rotatable bonds is 9. The van der Waals surface area contributed by atoms with E-state index in [-0.39, 0.29) is 36.0 Å². The van der Waals surface area contributed by atoms with E-state index in [1.807, 2.05) is 0 Å². The molecular weight excluding hydrogens is 267 g/mol. The van der Waals surface area contributed by atoms with E-state index >= 15 is 0 Å². The van der Waals surface area contributed by atoms with Crippen molar-refractivity contribution >= 4 is 17.3 Å². The Bertz CT molecular complexity index is 202. The van der Waals surface area contributed by atoms with E-state index in [4.69, 9.17) is 5.11 Å². The third kappa shape index (κ3) is 30.0. The smallest absolute Gasteiger partial charge is 0.750 e. The molecule has 0 saturated heterocycles. The molecule has 1 atom stereocenters. The van der Waals surface area contributed by atoms with Crippen LogP contribution >= 0.6 is 0 Å². The second-order valence-corrected chi connectivity index (χ2v) is 4.19. The number of carboxylic acids is 1. The number of hydrogen-bond acceptors (Lipinski definition) is 4. The van der Waals surface area contributed by atoms with Gasteiger partial charge in [0.15, 0.2) is 0 Å². The molecule has 0 aromatic carbocycles. The van der Waals surface area contributed by atoms with Crippen molar-refractivity contribution in [2.24, 2.45) is 0 Å². The van der Waals surface area contributed by atoms with Crippen LogP contribution in [0, 0.1) is 0 Å². The average Bonchev–Trinajstić information content (AvgIpc) is 2.28. The summed E-state index contributed by atoms with van der Waals surface area (Å²) in [5.74, 6) is -0.745. The van der Waals surface area contributed by atoms with E-state index in [9.17, 15) is 13.6 Å². The van der Waals surface area contributed by atoms with Crippen LogP contribution in [0.25, 0.3) is 0 Å². The first kappa shape index (κ1) is 23.6. The van der Waals surface area contributed by atoms with Gasteiger partial charge in [0.1, 0.15) is 0 Å². The van der Waals surface area contributed by atoms with Gasteiger partial charge in [0, 0.05) is 6.42 Å². The molecule has 18 heavy (non-hydrogen) atoms. The largest absolute Gasteiger partial charge is 1.00 e. The van der Waals surface area contributed by atoms with Crippen LogP contribution < -0.4 is 29.6 Å². The van der Waals surface area contributed by atoms with Gasteiger partial charge in [-0.3, -0.25) is 4.79 Å². The van der Waals surface area contributed by atoms with Gasteiger partial charge < -0.3 is 13.8 Å². The van der Waals surface area contributed by atoms with Crippen molar-refractivity contribution in [3.8, 4) is 0 Å². The minimum absolute atomic E-state index is 0. The third-order valence-electron chi connectivity index (χ3n) is 1.98. The molecule has 7 heteroatoms. The van der Waals surface area contributed by atoms with Gasteiger partial charge in [0.05, 0.1) is 18.0 Å². The fraction of sp³-hybridized carbons (Fsp3) is 0.909. The van der Waals surface area contributed by atoms with Gasteiger partial charge in [0.2, 0.25) is 0 Å². The quantitative estimate of drug-likeness (QED) is 0.356. The summed E-state index contributed by atoms with van der Waals surface area (Å²) in [6.45, 7) is 4.11. The maximum absolute atomic E-state index is 9.91. The van der Waals surface area contributed by atoms with Crippen molar-refractivity contribution in [2.75, 3.05) is 6.61 Å². The fourth-order valence-corrected chi connectivity index (χ4v) is 1.26. The first-order chi connectivity index (χ1) is 8.04. The van der Waals surface area contributed by atoms with Crippen molar-refractivity contribution < 1.29 is 52.4 Å². The molecule has 104 valence electrons. The monoisotopic (exact) mass is 290 g/mol. The SMILES string of the molecule is CCC(=O)O.CCCCCCCCOS(=O)[O-].[Na+]. The molecule has 1 unspecified atom stereocenters. The Balaban J connectivity index is -0.000000321. The van der Waals surface area contributed by atoms with Crippen LogP contribution in [-0.2, 0) is 20.3 Å². The molecule has 0 spiro atoms. The maximum Gasteiger partial charge on any atom is 1.00 e. The second-order valence-electron chi connectivity index (χ2n) is 3.54. The zero-order valence-corrected chi connectivity index (χ0v) is 14.5. The molecule has 0 bridgehead atoms. The Morgan fingerprint density at radius 3 is 2.00 bits per heavy atom. The Labute approximate surface area is 134 Å². The van der Waals surface area contributed by atoms with Gasteiger partial charge in [0.25, 0.3) is 0 Å². The van der Waals surface area contributed by atoms with Gasteiger partial charge in [-0.05, 0) is 6.42 Å². The van der Waals surface area contributed by atoms with Crippen LogP contribution in [0.5, 0.6) is 0 Å². The molecule has 0 amide bonds. The Morgan fingerprint density at radius 1 is 1.17 bits per heavy atom. The first-order valence-electron chi connectivity index (χ1n) is 5.98. The van der Waals surface area contributed by atoms with Crippen molar-refractivity contribution in [3.05, 3.63) is 0 Å². The van der Waals surface area contributed by atoms with Gasteiger partial charge in [-0.2, -0.15) is 0 Å². The third-order valence-corrected chi connectivity index (χ3v) is 2.34. The molecule has 0 aromatic rings. The molecular formula is C11H23NaO5S. The van der Waals surface area contributed by atoms with Crippen LogP contribution in [0.15, 0.2) is 0 Å². The average molecular weight is 290 g/mol. The van der Waals surface area contributed by atoms with Crippen LogP contribution in [0.2, 0.25) is 0 Å². The zero-order valence-electron chi connectivity index (χ0n) is 11.6. The molecule has 0 saturated carbocycles. The van der Waals surface area contributed by atoms with Crippen molar-refractivity contribution in [1.82, 2.24) is 0 Å². The molecule has 0 aliphatic heterocycles. The Kier molecular flexibility index (Phi) is 26.1. The minimum Gasteiger partial charge on any atom is -0.750 e. The van der Waals surface area contributed by atoms with Gasteiger partial charge in [-0.25, -0.2) is 4.21 Å². The zero-order chi connectivity index (χ0) is 13.5. The number of aliphatic carboxylic acids is 1. The van der Waals surface area contributed by atoms with Crippen LogP contribution in [0.3, 0.4) is 0 Å². The van der Waals surface area contributed by atoms with Crippen LogP contribution in [0.1, 0.15) is 58.8 Å².